The molecule has 272 valence electrons. The third kappa shape index (κ3) is 9.34. The molecule has 4 aromatic carbocycles. The zero-order valence-electron chi connectivity index (χ0n) is 31.3. The summed E-state index contributed by atoms with van der Waals surface area (Å²) in [4.78, 5) is 0. The van der Waals surface area contributed by atoms with Crippen LogP contribution < -0.4 is 20.7 Å². The Hall–Kier alpha value is -4.12. The SMILES string of the molecule is CO[Si](C#C[Si](C#C[Si](OC)(OC)c1ccccc1)(C#C[Si](OC)(OC)c1ccccc1)C#C[Si](OC)(OC)c1ccccc1)(OC)c1ccccc1. The summed E-state index contributed by atoms with van der Waals surface area (Å²) in [5, 5.41) is 3.28. The molecule has 0 aromatic heterocycles. The van der Waals surface area contributed by atoms with E-state index in [1.807, 2.05) is 121 Å². The van der Waals surface area contributed by atoms with Gasteiger partial charge in [-0.1, -0.05) is 166 Å². The minimum Gasteiger partial charge on any atom is -0.385 e. The Morgan fingerprint density at radius 2 is 0.434 bits per heavy atom. The fourth-order valence-corrected chi connectivity index (χ4v) is 18.0. The van der Waals surface area contributed by atoms with Crippen LogP contribution in [0.15, 0.2) is 121 Å². The molecule has 0 aliphatic heterocycles. The highest BCUT2D eigenvalue weighted by atomic mass is 28.4. The minimum absolute atomic E-state index is 0.819. The molecule has 4 rings (SSSR count). The second kappa shape index (κ2) is 19.3. The van der Waals surface area contributed by atoms with Crippen molar-refractivity contribution in [1.82, 2.24) is 0 Å². The fourth-order valence-electron chi connectivity index (χ4n) is 5.49. The summed E-state index contributed by atoms with van der Waals surface area (Å²) in [6.07, 6.45) is 0. The van der Waals surface area contributed by atoms with Crippen LogP contribution in [0.25, 0.3) is 0 Å². The third-order valence-electron chi connectivity index (χ3n) is 8.57. The van der Waals surface area contributed by atoms with E-state index in [-0.39, 0.29) is 0 Å². The summed E-state index contributed by atoms with van der Waals surface area (Å²) in [7, 11) is -4.59. The van der Waals surface area contributed by atoms with E-state index < -0.39 is 42.3 Å². The zero-order valence-corrected chi connectivity index (χ0v) is 36.3. The molecule has 0 heterocycles. The first-order chi connectivity index (χ1) is 25.7. The summed E-state index contributed by atoms with van der Waals surface area (Å²) in [6, 6.07) is 38.6. The van der Waals surface area contributed by atoms with Crippen molar-refractivity contribution in [3.05, 3.63) is 121 Å². The van der Waals surface area contributed by atoms with Crippen LogP contribution in [-0.2, 0) is 35.4 Å². The number of benzene rings is 4. The molecule has 0 saturated carbocycles. The molecule has 0 aliphatic carbocycles. The average Bonchev–Trinajstić information content (AvgIpc) is 3.24. The Labute approximate surface area is 319 Å². The summed E-state index contributed by atoms with van der Waals surface area (Å²) in [5.41, 5.74) is 27.7. The predicted octanol–water partition coefficient (Wildman–Crippen LogP) is 2.33. The molecule has 8 nitrogen and oxygen atoms in total. The van der Waals surface area contributed by atoms with Crippen LogP contribution in [0.4, 0.5) is 0 Å². The van der Waals surface area contributed by atoms with Gasteiger partial charge in [0.2, 0.25) is 0 Å². The van der Waals surface area contributed by atoms with E-state index in [0.717, 1.165) is 20.7 Å². The Morgan fingerprint density at radius 1 is 0.264 bits per heavy atom. The molecule has 0 radical (unpaired) electrons. The van der Waals surface area contributed by atoms with Gasteiger partial charge in [-0.2, -0.15) is 0 Å². The molecule has 0 saturated heterocycles. The lowest BCUT2D eigenvalue weighted by Gasteiger charge is -2.24. The van der Waals surface area contributed by atoms with E-state index in [9.17, 15) is 0 Å². The molecule has 0 atom stereocenters. The van der Waals surface area contributed by atoms with Crippen molar-refractivity contribution in [1.29, 1.82) is 0 Å². The maximum Gasteiger partial charge on any atom is 0.457 e. The van der Waals surface area contributed by atoms with Gasteiger partial charge in [0.15, 0.2) is 0 Å². The topological polar surface area (TPSA) is 73.8 Å². The number of hydrogen-bond donors (Lipinski definition) is 0. The van der Waals surface area contributed by atoms with E-state index in [1.165, 1.54) is 0 Å². The van der Waals surface area contributed by atoms with Gasteiger partial charge in [0.05, 0.1) is 0 Å². The first kappa shape index (κ1) is 41.6. The highest BCUT2D eigenvalue weighted by molar-refractivity contribution is 7.10. The van der Waals surface area contributed by atoms with E-state index in [0.29, 0.717) is 0 Å². The quantitative estimate of drug-likeness (QED) is 0.160. The zero-order chi connectivity index (χ0) is 38.3. The van der Waals surface area contributed by atoms with Gasteiger partial charge in [0.25, 0.3) is 0 Å². The highest BCUT2D eigenvalue weighted by Crippen LogP contribution is 2.13. The lowest BCUT2D eigenvalue weighted by molar-refractivity contribution is 0.273. The minimum atomic E-state index is -3.84. The summed E-state index contributed by atoms with van der Waals surface area (Å²) < 4.78 is 49.1. The first-order valence-corrected chi connectivity index (χ1v) is 25.8. The van der Waals surface area contributed by atoms with Crippen LogP contribution in [0.2, 0.25) is 0 Å². The molecule has 0 unspecified atom stereocenters. The molecule has 13 heteroatoms. The molecule has 0 fully saturated rings. The molecule has 0 N–H and O–H groups in total. The lowest BCUT2D eigenvalue weighted by atomic mass is 10.4. The van der Waals surface area contributed by atoms with Gasteiger partial charge in [-0.3, -0.25) is 0 Å². The molecule has 53 heavy (non-hydrogen) atoms. The molecular formula is C40H44O8Si5. The standard InChI is InChI=1S/C40H44O8Si5/c1-41-50(42-2,37-21-13-9-14-22-37)33-29-49(30-34-51(43-3,44-4)38-23-15-10-16-24-38,31-35-52(45-5,46-6)39-25-17-11-18-26-39)32-36-53(47-7,48-8)40-27-19-12-20-28-40/h9-28H,1-8H3. The average molecular weight is 793 g/mol. The van der Waals surface area contributed by atoms with Gasteiger partial charge in [0, 0.05) is 77.6 Å². The van der Waals surface area contributed by atoms with E-state index in [1.54, 1.807) is 56.9 Å². The smallest absolute Gasteiger partial charge is 0.385 e. The van der Waals surface area contributed by atoms with Gasteiger partial charge in [-0.15, -0.1) is 0 Å². The predicted molar refractivity (Wildman–Crippen MR) is 220 cm³/mol. The third-order valence-corrected chi connectivity index (χ3v) is 22.4. The van der Waals surface area contributed by atoms with Crippen molar-refractivity contribution >= 4 is 63.1 Å². The second-order valence-corrected chi connectivity index (χ2v) is 25.3. The van der Waals surface area contributed by atoms with Crippen LogP contribution in [0.1, 0.15) is 0 Å². The maximum absolute atomic E-state index is 6.14. The summed E-state index contributed by atoms with van der Waals surface area (Å²) >= 11 is 0. The molecule has 4 aromatic rings. The maximum atomic E-state index is 6.14. The van der Waals surface area contributed by atoms with Gasteiger partial charge >= 0.3 is 42.3 Å². The highest BCUT2D eigenvalue weighted by Gasteiger charge is 2.44. The van der Waals surface area contributed by atoms with Crippen LogP contribution >= 0.6 is 0 Å². The van der Waals surface area contributed by atoms with E-state index >= 15 is 0 Å². The molecule has 0 bridgehead atoms. The molecule has 0 spiro atoms. The van der Waals surface area contributed by atoms with Gasteiger partial charge in [0.1, 0.15) is 0 Å². The normalized spacial score (nSPS) is 11.8. The van der Waals surface area contributed by atoms with Crippen molar-refractivity contribution in [3.63, 3.8) is 0 Å². The monoisotopic (exact) mass is 792 g/mol. The Kier molecular flexibility index (Phi) is 15.1. The van der Waals surface area contributed by atoms with E-state index in [4.69, 9.17) is 35.4 Å². The molecule has 0 aliphatic rings. The van der Waals surface area contributed by atoms with Crippen molar-refractivity contribution in [2.24, 2.45) is 0 Å². The lowest BCUT2D eigenvalue weighted by Crippen LogP contribution is -2.54. The number of hydrogen-bond acceptors (Lipinski definition) is 8. The van der Waals surface area contributed by atoms with Crippen molar-refractivity contribution < 1.29 is 35.4 Å². The van der Waals surface area contributed by atoms with Crippen molar-refractivity contribution in [2.45, 2.75) is 0 Å². The largest absolute Gasteiger partial charge is 0.457 e. The van der Waals surface area contributed by atoms with Crippen LogP contribution in [0.5, 0.6) is 0 Å². The van der Waals surface area contributed by atoms with Crippen LogP contribution in [-0.4, -0.2) is 99.2 Å². The Bertz CT molecular complexity index is 1710. The Balaban J connectivity index is 2.19. The summed E-state index contributed by atoms with van der Waals surface area (Å²) in [6.45, 7) is 0. The first-order valence-electron chi connectivity index (χ1n) is 16.5. The Morgan fingerprint density at radius 3 is 0.585 bits per heavy atom. The summed E-state index contributed by atoms with van der Waals surface area (Å²) in [5.74, 6) is 0. The van der Waals surface area contributed by atoms with Gasteiger partial charge < -0.3 is 35.4 Å². The number of rotatable bonds is 12. The van der Waals surface area contributed by atoms with Gasteiger partial charge in [-0.05, 0) is 0 Å². The van der Waals surface area contributed by atoms with E-state index in [2.05, 4.69) is 44.3 Å². The second-order valence-electron chi connectivity index (χ2n) is 11.3. The van der Waals surface area contributed by atoms with Crippen LogP contribution in [0, 0.1) is 44.3 Å². The molecule has 0 amide bonds. The van der Waals surface area contributed by atoms with Gasteiger partial charge in [-0.25, -0.2) is 0 Å². The van der Waals surface area contributed by atoms with Crippen molar-refractivity contribution in [2.75, 3.05) is 56.9 Å². The van der Waals surface area contributed by atoms with Crippen LogP contribution in [0.3, 0.4) is 0 Å². The molecular weight excluding hydrogens is 749 g/mol. The fraction of sp³-hybridized carbons (Fsp3) is 0.200. The van der Waals surface area contributed by atoms with Crippen molar-refractivity contribution in [3.8, 4) is 44.3 Å².